The third-order valence-corrected chi connectivity index (χ3v) is 5.04. The van der Waals surface area contributed by atoms with Crippen molar-refractivity contribution in [2.75, 3.05) is 0 Å². The molecule has 2 aromatic rings. The van der Waals surface area contributed by atoms with Crippen molar-refractivity contribution < 1.29 is 29.3 Å². The highest BCUT2D eigenvalue weighted by Crippen LogP contribution is 2.31. The van der Waals surface area contributed by atoms with E-state index in [1.807, 2.05) is 0 Å². The van der Waals surface area contributed by atoms with E-state index >= 15 is 0 Å². The Morgan fingerprint density at radius 3 is 1.29 bits per heavy atom. The molecule has 0 radical (unpaired) electrons. The first kappa shape index (κ1) is 20.0. The minimum atomic E-state index is -0.289. The molecular weight excluding hydrogens is 360 g/mol. The fourth-order valence-corrected chi connectivity index (χ4v) is 3.29. The van der Waals surface area contributed by atoms with Crippen molar-refractivity contribution in [3.63, 3.8) is 0 Å². The van der Waals surface area contributed by atoms with Gasteiger partial charge >= 0.3 is 11.9 Å². The van der Waals surface area contributed by atoms with Crippen LogP contribution in [-0.2, 0) is 22.8 Å². The van der Waals surface area contributed by atoms with Gasteiger partial charge in [0.15, 0.2) is 0 Å². The van der Waals surface area contributed by atoms with Crippen molar-refractivity contribution in [3.8, 4) is 11.5 Å². The van der Waals surface area contributed by atoms with E-state index < -0.39 is 0 Å². The zero-order chi connectivity index (χ0) is 19.9. The van der Waals surface area contributed by atoms with E-state index in [2.05, 4.69) is 0 Å². The van der Waals surface area contributed by atoms with Gasteiger partial charge in [0.05, 0.1) is 25.0 Å². The smallest absolute Gasteiger partial charge is 0.314 e. The van der Waals surface area contributed by atoms with Gasteiger partial charge in [-0.05, 0) is 61.1 Å². The zero-order valence-electron chi connectivity index (χ0n) is 15.5. The molecule has 0 atom stereocenters. The predicted molar refractivity (Wildman–Crippen MR) is 101 cm³/mol. The standard InChI is InChI=1S/C22H24O6/c23-13-15-1-9-19(10-2-15)27-21(25)17-5-7-18(8-6-17)22(26)28-20-11-3-16(14-24)4-12-20/h1-4,9-12,17-18,23-24H,5-8,13-14H2. The van der Waals surface area contributed by atoms with Gasteiger partial charge in [-0.3, -0.25) is 9.59 Å². The normalized spacial score (nSPS) is 19.1. The van der Waals surface area contributed by atoms with Crippen LogP contribution < -0.4 is 9.47 Å². The third-order valence-electron chi connectivity index (χ3n) is 5.04. The molecule has 0 heterocycles. The monoisotopic (exact) mass is 384 g/mol. The average Bonchev–Trinajstić information content (AvgIpc) is 2.75. The molecule has 1 aliphatic rings. The first-order valence-electron chi connectivity index (χ1n) is 9.42. The number of esters is 2. The summed E-state index contributed by atoms with van der Waals surface area (Å²) in [6, 6.07) is 13.5. The van der Waals surface area contributed by atoms with Gasteiger partial charge in [0.1, 0.15) is 11.5 Å². The molecule has 2 aromatic carbocycles. The molecule has 0 spiro atoms. The van der Waals surface area contributed by atoms with E-state index in [0.717, 1.165) is 11.1 Å². The van der Waals surface area contributed by atoms with Crippen LogP contribution in [0.1, 0.15) is 36.8 Å². The third kappa shape index (κ3) is 5.18. The van der Waals surface area contributed by atoms with E-state index in [9.17, 15) is 9.59 Å². The highest BCUT2D eigenvalue weighted by Gasteiger charge is 2.32. The Bertz CT molecular complexity index is 719. The molecule has 6 nitrogen and oxygen atoms in total. The number of ether oxygens (including phenoxy) is 2. The Hall–Kier alpha value is -2.70. The van der Waals surface area contributed by atoms with Crippen molar-refractivity contribution in [1.82, 2.24) is 0 Å². The first-order chi connectivity index (χ1) is 13.6. The molecule has 1 saturated carbocycles. The summed E-state index contributed by atoms with van der Waals surface area (Å²) in [5.41, 5.74) is 1.51. The summed E-state index contributed by atoms with van der Waals surface area (Å²) in [4.78, 5) is 24.7. The van der Waals surface area contributed by atoms with Crippen molar-refractivity contribution in [2.24, 2.45) is 11.8 Å². The minimum Gasteiger partial charge on any atom is -0.426 e. The second kappa shape index (κ2) is 9.48. The summed E-state index contributed by atoms with van der Waals surface area (Å²) in [5.74, 6) is -0.132. The lowest BCUT2D eigenvalue weighted by Crippen LogP contribution is -2.30. The quantitative estimate of drug-likeness (QED) is 0.588. The second-order valence-corrected chi connectivity index (χ2v) is 6.99. The first-order valence-corrected chi connectivity index (χ1v) is 9.42. The maximum atomic E-state index is 12.3. The van der Waals surface area contributed by atoms with Gasteiger partial charge in [-0.1, -0.05) is 24.3 Å². The Morgan fingerprint density at radius 2 is 1.00 bits per heavy atom. The molecule has 1 fully saturated rings. The van der Waals surface area contributed by atoms with Gasteiger partial charge in [0.2, 0.25) is 0 Å². The van der Waals surface area contributed by atoms with Crippen LogP contribution in [0.5, 0.6) is 11.5 Å². The summed E-state index contributed by atoms with van der Waals surface area (Å²) in [6.45, 7) is -0.111. The lowest BCUT2D eigenvalue weighted by Gasteiger charge is -2.25. The van der Waals surface area contributed by atoms with Crippen LogP contribution in [0.3, 0.4) is 0 Å². The zero-order valence-corrected chi connectivity index (χ0v) is 15.5. The topological polar surface area (TPSA) is 93.1 Å². The predicted octanol–water partition coefficient (Wildman–Crippen LogP) is 2.99. The number of carbonyl (C=O) groups is 2. The summed E-state index contributed by atoms with van der Waals surface area (Å²) < 4.78 is 10.8. The van der Waals surface area contributed by atoms with E-state index in [-0.39, 0.29) is 37.0 Å². The lowest BCUT2D eigenvalue weighted by molar-refractivity contribution is -0.145. The Kier molecular flexibility index (Phi) is 6.79. The highest BCUT2D eigenvalue weighted by atomic mass is 16.5. The number of carbonyl (C=O) groups excluding carboxylic acids is 2. The van der Waals surface area contributed by atoms with Crippen molar-refractivity contribution in [3.05, 3.63) is 59.7 Å². The number of aliphatic hydroxyl groups excluding tert-OH is 2. The van der Waals surface area contributed by atoms with Crippen molar-refractivity contribution >= 4 is 11.9 Å². The summed E-state index contributed by atoms with van der Waals surface area (Å²) in [6.07, 6.45) is 2.32. The van der Waals surface area contributed by atoms with Crippen molar-refractivity contribution in [2.45, 2.75) is 38.9 Å². The number of hydrogen-bond donors (Lipinski definition) is 2. The maximum absolute atomic E-state index is 12.3. The molecule has 0 bridgehead atoms. The van der Waals surface area contributed by atoms with E-state index in [4.69, 9.17) is 19.7 Å². The van der Waals surface area contributed by atoms with Gasteiger partial charge in [0, 0.05) is 0 Å². The fraction of sp³-hybridized carbons (Fsp3) is 0.364. The Labute approximate surface area is 163 Å². The molecule has 0 aromatic heterocycles. The van der Waals surface area contributed by atoms with Crippen LogP contribution in [0, 0.1) is 11.8 Å². The van der Waals surface area contributed by atoms with E-state index in [1.54, 1.807) is 48.5 Å². The number of benzene rings is 2. The van der Waals surface area contributed by atoms with E-state index in [1.165, 1.54) is 0 Å². The van der Waals surface area contributed by atoms with Gasteiger partial charge < -0.3 is 19.7 Å². The van der Waals surface area contributed by atoms with Crippen LogP contribution in [0.25, 0.3) is 0 Å². The lowest BCUT2D eigenvalue weighted by atomic mass is 9.82. The number of rotatable bonds is 6. The van der Waals surface area contributed by atoms with Crippen LogP contribution in [0.15, 0.2) is 48.5 Å². The van der Waals surface area contributed by atoms with Crippen LogP contribution in [0.2, 0.25) is 0 Å². The van der Waals surface area contributed by atoms with E-state index in [0.29, 0.717) is 37.2 Å². The van der Waals surface area contributed by atoms with Crippen LogP contribution in [0.4, 0.5) is 0 Å². The molecule has 0 aliphatic heterocycles. The molecule has 0 amide bonds. The van der Waals surface area contributed by atoms with Crippen molar-refractivity contribution in [1.29, 1.82) is 0 Å². The minimum absolute atomic E-state index is 0.0556. The second-order valence-electron chi connectivity index (χ2n) is 6.99. The molecule has 148 valence electrons. The van der Waals surface area contributed by atoms with Gasteiger partial charge in [-0.2, -0.15) is 0 Å². The highest BCUT2D eigenvalue weighted by molar-refractivity contribution is 5.77. The summed E-state index contributed by atoms with van der Waals surface area (Å²) in [7, 11) is 0. The molecule has 28 heavy (non-hydrogen) atoms. The van der Waals surface area contributed by atoms with Crippen LogP contribution >= 0.6 is 0 Å². The summed E-state index contributed by atoms with van der Waals surface area (Å²) in [5, 5.41) is 18.1. The molecule has 0 unspecified atom stereocenters. The number of aliphatic hydroxyl groups is 2. The maximum Gasteiger partial charge on any atom is 0.314 e. The van der Waals surface area contributed by atoms with Crippen LogP contribution in [-0.4, -0.2) is 22.2 Å². The molecule has 6 heteroatoms. The largest absolute Gasteiger partial charge is 0.426 e. The van der Waals surface area contributed by atoms with Gasteiger partial charge in [0.25, 0.3) is 0 Å². The Balaban J connectivity index is 1.47. The average molecular weight is 384 g/mol. The van der Waals surface area contributed by atoms with Gasteiger partial charge in [-0.25, -0.2) is 0 Å². The molecule has 3 rings (SSSR count). The van der Waals surface area contributed by atoms with Gasteiger partial charge in [-0.15, -0.1) is 0 Å². The Morgan fingerprint density at radius 1 is 0.679 bits per heavy atom. The molecule has 2 N–H and O–H groups in total. The molecule has 1 aliphatic carbocycles. The summed E-state index contributed by atoms with van der Waals surface area (Å²) >= 11 is 0. The number of hydrogen-bond acceptors (Lipinski definition) is 6. The fourth-order valence-electron chi connectivity index (χ4n) is 3.29. The molecule has 0 saturated heterocycles. The SMILES string of the molecule is O=C(Oc1ccc(CO)cc1)C1CCC(C(=O)Oc2ccc(CO)cc2)CC1. The molecular formula is C22H24O6.